The second-order valence-electron chi connectivity index (χ2n) is 4.48. The SMILES string of the molecule is Cc1cccc(CCNC(=O)Nc2ccc(Br)cn2)c1. The molecule has 5 heteroatoms. The number of nitrogens with zero attached hydrogens (tertiary/aromatic N) is 1. The minimum absolute atomic E-state index is 0.243. The molecule has 20 heavy (non-hydrogen) atoms. The summed E-state index contributed by atoms with van der Waals surface area (Å²) < 4.78 is 0.878. The van der Waals surface area contributed by atoms with Gasteiger partial charge in [0.15, 0.2) is 0 Å². The molecule has 1 aromatic heterocycles. The molecule has 0 aliphatic rings. The van der Waals surface area contributed by atoms with Crippen molar-refractivity contribution in [1.82, 2.24) is 10.3 Å². The van der Waals surface area contributed by atoms with Gasteiger partial charge in [0.25, 0.3) is 0 Å². The molecular formula is C15H16BrN3O. The van der Waals surface area contributed by atoms with Crippen molar-refractivity contribution < 1.29 is 4.79 Å². The average molecular weight is 334 g/mol. The van der Waals surface area contributed by atoms with Crippen molar-refractivity contribution in [2.75, 3.05) is 11.9 Å². The molecule has 2 aromatic rings. The molecule has 0 saturated heterocycles. The van der Waals surface area contributed by atoms with E-state index in [1.165, 1.54) is 11.1 Å². The number of benzene rings is 1. The fourth-order valence-electron chi connectivity index (χ4n) is 1.80. The monoisotopic (exact) mass is 333 g/mol. The Labute approximate surface area is 126 Å². The highest BCUT2D eigenvalue weighted by Gasteiger charge is 2.02. The lowest BCUT2D eigenvalue weighted by Gasteiger charge is -2.07. The first-order valence-electron chi connectivity index (χ1n) is 6.35. The van der Waals surface area contributed by atoms with Crippen molar-refractivity contribution in [3.8, 4) is 0 Å². The van der Waals surface area contributed by atoms with Gasteiger partial charge in [0, 0.05) is 17.2 Å². The van der Waals surface area contributed by atoms with E-state index in [-0.39, 0.29) is 6.03 Å². The zero-order valence-electron chi connectivity index (χ0n) is 11.2. The lowest BCUT2D eigenvalue weighted by Crippen LogP contribution is -2.30. The number of rotatable bonds is 4. The average Bonchev–Trinajstić information content (AvgIpc) is 2.41. The predicted octanol–water partition coefficient (Wildman–Crippen LogP) is 3.52. The maximum atomic E-state index is 11.7. The molecule has 2 N–H and O–H groups in total. The Morgan fingerprint density at radius 3 is 2.85 bits per heavy atom. The number of aromatic nitrogens is 1. The Morgan fingerprint density at radius 1 is 1.30 bits per heavy atom. The van der Waals surface area contributed by atoms with Gasteiger partial charge in [-0.3, -0.25) is 5.32 Å². The van der Waals surface area contributed by atoms with Crippen LogP contribution < -0.4 is 10.6 Å². The van der Waals surface area contributed by atoms with Gasteiger partial charge in [-0.1, -0.05) is 29.8 Å². The zero-order chi connectivity index (χ0) is 14.4. The largest absolute Gasteiger partial charge is 0.337 e. The predicted molar refractivity (Wildman–Crippen MR) is 83.8 cm³/mol. The van der Waals surface area contributed by atoms with Crippen LogP contribution in [0, 0.1) is 6.92 Å². The highest BCUT2D eigenvalue weighted by atomic mass is 79.9. The number of nitrogens with one attached hydrogen (secondary N) is 2. The van der Waals surface area contributed by atoms with Gasteiger partial charge < -0.3 is 5.32 Å². The molecule has 1 heterocycles. The van der Waals surface area contributed by atoms with Crippen LogP contribution in [-0.4, -0.2) is 17.6 Å². The van der Waals surface area contributed by atoms with Gasteiger partial charge in [-0.25, -0.2) is 9.78 Å². The van der Waals surface area contributed by atoms with E-state index in [4.69, 9.17) is 0 Å². The maximum absolute atomic E-state index is 11.7. The topological polar surface area (TPSA) is 54.0 Å². The van der Waals surface area contributed by atoms with E-state index >= 15 is 0 Å². The van der Waals surface area contributed by atoms with Gasteiger partial charge in [-0.05, 0) is 47.0 Å². The van der Waals surface area contributed by atoms with Gasteiger partial charge in [-0.2, -0.15) is 0 Å². The van der Waals surface area contributed by atoms with Gasteiger partial charge in [0.1, 0.15) is 5.82 Å². The molecule has 0 unspecified atom stereocenters. The first kappa shape index (κ1) is 14.5. The van der Waals surface area contributed by atoms with E-state index in [0.29, 0.717) is 12.4 Å². The van der Waals surface area contributed by atoms with Gasteiger partial charge in [0.2, 0.25) is 0 Å². The van der Waals surface area contributed by atoms with Gasteiger partial charge in [-0.15, -0.1) is 0 Å². The number of carbonyl (C=O) groups excluding carboxylic acids is 1. The number of halogens is 1. The molecule has 104 valence electrons. The second-order valence-corrected chi connectivity index (χ2v) is 5.40. The van der Waals surface area contributed by atoms with Crippen molar-refractivity contribution in [3.63, 3.8) is 0 Å². The number of urea groups is 1. The van der Waals surface area contributed by atoms with Crippen LogP contribution in [0.15, 0.2) is 47.1 Å². The van der Waals surface area contributed by atoms with Crippen LogP contribution in [0.25, 0.3) is 0 Å². The Balaban J connectivity index is 1.76. The molecule has 2 amide bonds. The molecule has 2 rings (SSSR count). The minimum Gasteiger partial charge on any atom is -0.337 e. The summed E-state index contributed by atoms with van der Waals surface area (Å²) in [6.07, 6.45) is 2.45. The number of hydrogen-bond donors (Lipinski definition) is 2. The highest BCUT2D eigenvalue weighted by Crippen LogP contribution is 2.10. The molecule has 0 atom stereocenters. The molecule has 0 saturated carbocycles. The quantitative estimate of drug-likeness (QED) is 0.899. The number of amides is 2. The molecule has 1 aromatic carbocycles. The summed E-state index contributed by atoms with van der Waals surface area (Å²) in [4.78, 5) is 15.8. The molecule has 4 nitrogen and oxygen atoms in total. The van der Waals surface area contributed by atoms with Crippen molar-refractivity contribution in [2.24, 2.45) is 0 Å². The number of pyridine rings is 1. The van der Waals surface area contributed by atoms with E-state index in [0.717, 1.165) is 10.9 Å². The summed E-state index contributed by atoms with van der Waals surface area (Å²) in [7, 11) is 0. The molecular weight excluding hydrogens is 318 g/mol. The van der Waals surface area contributed by atoms with Crippen LogP contribution in [-0.2, 0) is 6.42 Å². The number of carbonyl (C=O) groups is 1. The first-order chi connectivity index (χ1) is 9.63. The van der Waals surface area contributed by atoms with E-state index in [1.54, 1.807) is 12.3 Å². The van der Waals surface area contributed by atoms with Crippen LogP contribution in [0.4, 0.5) is 10.6 Å². The van der Waals surface area contributed by atoms with E-state index in [1.807, 2.05) is 12.1 Å². The highest BCUT2D eigenvalue weighted by molar-refractivity contribution is 9.10. The fourth-order valence-corrected chi connectivity index (χ4v) is 2.03. The summed E-state index contributed by atoms with van der Waals surface area (Å²) >= 11 is 3.29. The molecule has 0 radical (unpaired) electrons. The number of aryl methyl sites for hydroxylation is 1. The minimum atomic E-state index is -0.243. The van der Waals surface area contributed by atoms with Crippen LogP contribution in [0.2, 0.25) is 0 Å². The lowest BCUT2D eigenvalue weighted by molar-refractivity contribution is 0.252. The Kier molecular flexibility index (Phi) is 5.12. The molecule has 0 aliphatic carbocycles. The van der Waals surface area contributed by atoms with Crippen molar-refractivity contribution >= 4 is 27.8 Å². The Hall–Kier alpha value is -1.88. The summed E-state index contributed by atoms with van der Waals surface area (Å²) in [6.45, 7) is 2.65. The third-order valence-corrected chi connectivity index (χ3v) is 3.22. The molecule has 0 spiro atoms. The smallest absolute Gasteiger partial charge is 0.320 e. The van der Waals surface area contributed by atoms with E-state index < -0.39 is 0 Å². The third-order valence-electron chi connectivity index (χ3n) is 2.75. The molecule has 0 aliphatic heterocycles. The lowest BCUT2D eigenvalue weighted by atomic mass is 10.1. The normalized spacial score (nSPS) is 10.1. The van der Waals surface area contributed by atoms with Crippen molar-refractivity contribution in [3.05, 3.63) is 58.2 Å². The molecule has 0 fully saturated rings. The summed E-state index contributed by atoms with van der Waals surface area (Å²) in [6, 6.07) is 11.6. The summed E-state index contributed by atoms with van der Waals surface area (Å²) in [5, 5.41) is 5.50. The zero-order valence-corrected chi connectivity index (χ0v) is 12.8. The number of anilines is 1. The van der Waals surface area contributed by atoms with E-state index in [2.05, 4.69) is 56.7 Å². The first-order valence-corrected chi connectivity index (χ1v) is 7.15. The standard InChI is InChI=1S/C15H16BrN3O/c1-11-3-2-4-12(9-11)7-8-17-15(20)19-14-6-5-13(16)10-18-14/h2-6,9-10H,7-8H2,1H3,(H2,17,18,19,20). The number of hydrogen-bond acceptors (Lipinski definition) is 2. The third kappa shape index (κ3) is 4.66. The van der Waals surface area contributed by atoms with Crippen LogP contribution in [0.1, 0.15) is 11.1 Å². The van der Waals surface area contributed by atoms with Gasteiger partial charge >= 0.3 is 6.03 Å². The summed E-state index contributed by atoms with van der Waals surface area (Å²) in [5.74, 6) is 0.529. The van der Waals surface area contributed by atoms with Crippen LogP contribution >= 0.6 is 15.9 Å². The van der Waals surface area contributed by atoms with Gasteiger partial charge in [0.05, 0.1) is 0 Å². The van der Waals surface area contributed by atoms with E-state index in [9.17, 15) is 4.79 Å². The molecule has 0 bridgehead atoms. The van der Waals surface area contributed by atoms with Crippen LogP contribution in [0.3, 0.4) is 0 Å². The fraction of sp³-hybridized carbons (Fsp3) is 0.200. The Morgan fingerprint density at radius 2 is 2.15 bits per heavy atom. The van der Waals surface area contributed by atoms with Crippen molar-refractivity contribution in [2.45, 2.75) is 13.3 Å². The van der Waals surface area contributed by atoms with Crippen LogP contribution in [0.5, 0.6) is 0 Å². The Bertz CT molecular complexity index is 584. The van der Waals surface area contributed by atoms with Crippen molar-refractivity contribution in [1.29, 1.82) is 0 Å². The summed E-state index contributed by atoms with van der Waals surface area (Å²) in [5.41, 5.74) is 2.44. The second kappa shape index (κ2) is 7.05. The maximum Gasteiger partial charge on any atom is 0.320 e.